The van der Waals surface area contributed by atoms with Crippen molar-refractivity contribution >= 4 is 56.0 Å². The van der Waals surface area contributed by atoms with Gasteiger partial charge in [-0.3, -0.25) is 4.79 Å². The van der Waals surface area contributed by atoms with Gasteiger partial charge in [0.15, 0.2) is 18.1 Å². The van der Waals surface area contributed by atoms with Crippen molar-refractivity contribution in [3.63, 3.8) is 0 Å². The summed E-state index contributed by atoms with van der Waals surface area (Å²) in [5.41, 5.74) is 4.17. The first-order valence-electron chi connectivity index (χ1n) is 11.8. The third-order valence-corrected chi connectivity index (χ3v) is 6.42. The van der Waals surface area contributed by atoms with Gasteiger partial charge in [0.25, 0.3) is 5.91 Å². The molecule has 3 amide bonds. The molecule has 0 unspecified atom stereocenters. The van der Waals surface area contributed by atoms with E-state index in [-0.39, 0.29) is 36.9 Å². The van der Waals surface area contributed by atoms with Crippen LogP contribution in [0.2, 0.25) is 0 Å². The highest BCUT2D eigenvalue weighted by atomic mass is 79.9. The van der Waals surface area contributed by atoms with Crippen molar-refractivity contribution in [1.29, 1.82) is 0 Å². The zero-order valence-corrected chi connectivity index (χ0v) is 25.0. The summed E-state index contributed by atoms with van der Waals surface area (Å²) >= 11 is 6.81. The highest BCUT2D eigenvalue weighted by molar-refractivity contribution is 9.11. The van der Waals surface area contributed by atoms with Gasteiger partial charge in [-0.05, 0) is 59.6 Å². The van der Waals surface area contributed by atoms with Crippen molar-refractivity contribution < 1.29 is 33.3 Å². The molecule has 0 aliphatic carbocycles. The smallest absolute Gasteiger partial charge is 0.338 e. The summed E-state index contributed by atoms with van der Waals surface area (Å²) < 4.78 is 23.2. The van der Waals surface area contributed by atoms with E-state index in [0.717, 1.165) is 4.47 Å². The minimum absolute atomic E-state index is 0.0614. The first kappa shape index (κ1) is 30.5. The normalized spacial score (nSPS) is 14.6. The Morgan fingerprint density at radius 3 is 2.67 bits per heavy atom. The fourth-order valence-electron chi connectivity index (χ4n) is 3.70. The predicted octanol–water partition coefficient (Wildman–Crippen LogP) is 3.95. The molecule has 1 atom stereocenters. The Kier molecular flexibility index (Phi) is 11.0. The van der Waals surface area contributed by atoms with E-state index in [1.165, 1.54) is 13.3 Å². The summed E-state index contributed by atoms with van der Waals surface area (Å²) in [4.78, 5) is 37.1. The molecule has 0 spiro atoms. The van der Waals surface area contributed by atoms with Crippen molar-refractivity contribution in [1.82, 2.24) is 16.1 Å². The van der Waals surface area contributed by atoms with Gasteiger partial charge in [-0.1, -0.05) is 27.9 Å². The Balaban J connectivity index is 1.70. The van der Waals surface area contributed by atoms with Crippen LogP contribution in [0.15, 0.2) is 55.6 Å². The Bertz CT molecular complexity index is 1400. The number of carbonyl (C=O) groups excluding carboxylic acids is 3. The maximum absolute atomic E-state index is 12.6. The quantitative estimate of drug-likeness (QED) is 0.142. The first-order chi connectivity index (χ1) is 19.2. The number of esters is 1. The van der Waals surface area contributed by atoms with Gasteiger partial charge in [0.05, 0.1) is 36.0 Å². The van der Waals surface area contributed by atoms with Crippen molar-refractivity contribution in [2.45, 2.75) is 19.9 Å². The van der Waals surface area contributed by atoms with Gasteiger partial charge in [0.2, 0.25) is 0 Å². The van der Waals surface area contributed by atoms with Crippen LogP contribution >= 0.6 is 31.9 Å². The van der Waals surface area contributed by atoms with E-state index in [2.05, 4.69) is 58.9 Å². The van der Waals surface area contributed by atoms with E-state index in [9.17, 15) is 14.4 Å². The maximum atomic E-state index is 12.6. The number of terminal acetylenes is 1. The molecule has 3 rings (SSSR count). The number of nitrogens with one attached hydrogen (secondary N) is 3. The third-order valence-electron chi connectivity index (χ3n) is 5.37. The number of urea groups is 1. The van der Waals surface area contributed by atoms with Crippen LogP contribution in [0.3, 0.4) is 0 Å². The lowest BCUT2D eigenvalue weighted by Crippen LogP contribution is -2.45. The molecule has 0 radical (unpaired) electrons. The van der Waals surface area contributed by atoms with E-state index in [0.29, 0.717) is 27.0 Å². The largest absolute Gasteiger partial charge is 0.493 e. The number of hydrazone groups is 1. The number of hydrogen-bond donors (Lipinski definition) is 3. The lowest BCUT2D eigenvalue weighted by molar-refractivity contribution is -0.139. The van der Waals surface area contributed by atoms with Gasteiger partial charge in [0, 0.05) is 15.7 Å². The molecule has 0 saturated carbocycles. The van der Waals surface area contributed by atoms with Gasteiger partial charge in [0.1, 0.15) is 12.4 Å². The number of ether oxygens (including phenoxy) is 4. The van der Waals surface area contributed by atoms with E-state index in [1.54, 1.807) is 44.2 Å². The van der Waals surface area contributed by atoms with Gasteiger partial charge in [-0.2, -0.15) is 5.10 Å². The number of benzene rings is 2. The van der Waals surface area contributed by atoms with Crippen molar-refractivity contribution in [3.8, 4) is 29.6 Å². The molecule has 2 aromatic rings. The zero-order valence-electron chi connectivity index (χ0n) is 21.8. The van der Waals surface area contributed by atoms with Crippen LogP contribution in [-0.2, 0) is 14.3 Å². The molecule has 13 heteroatoms. The van der Waals surface area contributed by atoms with Gasteiger partial charge in [-0.15, -0.1) is 6.42 Å². The minimum atomic E-state index is -0.777. The van der Waals surface area contributed by atoms with E-state index in [4.69, 9.17) is 25.4 Å². The number of carbonyl (C=O) groups is 3. The summed E-state index contributed by atoms with van der Waals surface area (Å²) in [7, 11) is 1.43. The lowest BCUT2D eigenvalue weighted by Gasteiger charge is -2.28. The third kappa shape index (κ3) is 7.77. The van der Waals surface area contributed by atoms with E-state index >= 15 is 0 Å². The first-order valence-corrected chi connectivity index (χ1v) is 13.4. The molecule has 0 aromatic heterocycles. The Labute approximate surface area is 247 Å². The molecular formula is C27H26Br2N4O7. The number of nitrogens with zero attached hydrogens (tertiary/aromatic N) is 1. The highest BCUT2D eigenvalue weighted by Gasteiger charge is 2.32. The number of allylic oxidation sites excluding steroid dienone is 1. The highest BCUT2D eigenvalue weighted by Crippen LogP contribution is 2.35. The second-order valence-electron chi connectivity index (χ2n) is 8.08. The number of amides is 3. The lowest BCUT2D eigenvalue weighted by atomic mass is 9.95. The van der Waals surface area contributed by atoms with Crippen LogP contribution in [0.1, 0.15) is 31.0 Å². The number of halogens is 2. The monoisotopic (exact) mass is 676 g/mol. The Hall–Kier alpha value is -4.02. The van der Waals surface area contributed by atoms with Crippen molar-refractivity contribution in [3.05, 3.63) is 61.7 Å². The summed E-state index contributed by atoms with van der Waals surface area (Å²) in [6, 6.07) is 7.15. The molecule has 40 heavy (non-hydrogen) atoms. The summed E-state index contributed by atoms with van der Waals surface area (Å²) in [5, 5.41) is 9.28. The van der Waals surface area contributed by atoms with Crippen LogP contribution < -0.4 is 30.3 Å². The van der Waals surface area contributed by atoms with Crippen molar-refractivity contribution in [2.24, 2.45) is 5.10 Å². The topological polar surface area (TPSA) is 137 Å². The SMILES string of the molecule is C#CCOc1c(Br)cc(Br)cc1/C=N/NC(=O)COc1ccc([C@@H]2NC(=O)NC(C)=C2C(=O)OCC)cc1OC. The second-order valence-corrected chi connectivity index (χ2v) is 9.85. The number of methoxy groups -OCH3 is 1. The van der Waals surface area contributed by atoms with Gasteiger partial charge in [-0.25, -0.2) is 15.0 Å². The van der Waals surface area contributed by atoms with Gasteiger partial charge < -0.3 is 29.6 Å². The molecule has 1 aliphatic heterocycles. The number of hydrogen-bond acceptors (Lipinski definition) is 8. The molecule has 210 valence electrons. The Morgan fingerprint density at radius 2 is 1.98 bits per heavy atom. The van der Waals surface area contributed by atoms with Crippen LogP contribution in [0.5, 0.6) is 17.2 Å². The molecule has 1 heterocycles. The van der Waals surface area contributed by atoms with Crippen LogP contribution in [0.4, 0.5) is 4.79 Å². The standard InChI is InChI=1S/C27H26Br2N4O7/c1-5-9-39-25-17(10-18(28)12-19(25)29)13-30-33-22(34)14-40-20-8-7-16(11-21(20)37-4)24-23(26(35)38-6-2)15(3)31-27(36)32-24/h1,7-8,10-13,24H,6,9,14H2,2-4H3,(H,33,34)(H2,31,32,36)/b30-13+/t24-/m0/s1. The van der Waals surface area contributed by atoms with Crippen LogP contribution in [-0.4, -0.2) is 51.1 Å². The summed E-state index contributed by atoms with van der Waals surface area (Å²) in [5.74, 6) is 2.34. The maximum Gasteiger partial charge on any atom is 0.338 e. The molecular weight excluding hydrogens is 652 g/mol. The Morgan fingerprint density at radius 1 is 1.20 bits per heavy atom. The molecule has 2 aromatic carbocycles. The van der Waals surface area contributed by atoms with Gasteiger partial charge >= 0.3 is 12.0 Å². The zero-order chi connectivity index (χ0) is 29.2. The molecule has 0 saturated heterocycles. The second kappa shape index (κ2) is 14.4. The summed E-state index contributed by atoms with van der Waals surface area (Å²) in [6.45, 7) is 3.19. The molecule has 1 aliphatic rings. The van der Waals surface area contributed by atoms with E-state index < -0.39 is 23.9 Å². The fourth-order valence-corrected chi connectivity index (χ4v) is 5.07. The molecule has 3 N–H and O–H groups in total. The van der Waals surface area contributed by atoms with Crippen LogP contribution in [0.25, 0.3) is 0 Å². The van der Waals surface area contributed by atoms with E-state index in [1.807, 2.05) is 0 Å². The average Bonchev–Trinajstić information content (AvgIpc) is 2.91. The van der Waals surface area contributed by atoms with Crippen LogP contribution in [0, 0.1) is 12.3 Å². The fraction of sp³-hybridized carbons (Fsp3) is 0.259. The predicted molar refractivity (Wildman–Crippen MR) is 154 cm³/mol. The number of rotatable bonds is 11. The molecule has 0 bridgehead atoms. The average molecular weight is 678 g/mol. The molecule has 11 nitrogen and oxygen atoms in total. The molecule has 0 fully saturated rings. The minimum Gasteiger partial charge on any atom is -0.493 e. The summed E-state index contributed by atoms with van der Waals surface area (Å²) in [6.07, 6.45) is 6.70. The van der Waals surface area contributed by atoms with Crippen molar-refractivity contribution in [2.75, 3.05) is 26.9 Å².